The summed E-state index contributed by atoms with van der Waals surface area (Å²) in [5.74, 6) is -0.392. The fraction of sp³-hybridized carbons (Fsp3) is 0. The third-order valence-electron chi connectivity index (χ3n) is 1.03. The number of hydrogen-bond donors (Lipinski definition) is 1. The van der Waals surface area contributed by atoms with E-state index in [-0.39, 0.29) is 5.02 Å². The number of halogens is 3. The van der Waals surface area contributed by atoms with Gasteiger partial charge in [-0.2, -0.15) is 0 Å². The third kappa shape index (κ3) is 1.73. The molecule has 0 radical (unpaired) electrons. The molecule has 0 fully saturated rings. The molecule has 0 atom stereocenters. The molecule has 54 valence electrons. The normalized spacial score (nSPS) is 9.50. The molecule has 1 rings (SSSR count). The number of hydrogen-bond acceptors (Lipinski definition) is 1. The van der Waals surface area contributed by atoms with Crippen molar-refractivity contribution in [2.24, 2.45) is 0 Å². The minimum atomic E-state index is -0.392. The SMILES string of the molecule is Fc1ccc(NI)cc1Cl. The van der Waals surface area contributed by atoms with Crippen LogP contribution in [0.15, 0.2) is 18.2 Å². The maximum Gasteiger partial charge on any atom is 0.141 e. The van der Waals surface area contributed by atoms with Crippen molar-refractivity contribution in [2.45, 2.75) is 0 Å². The fourth-order valence-electron chi connectivity index (χ4n) is 0.555. The predicted molar refractivity (Wildman–Crippen MR) is 49.1 cm³/mol. The first kappa shape index (κ1) is 8.07. The number of anilines is 1. The largest absolute Gasteiger partial charge is 0.328 e. The van der Waals surface area contributed by atoms with Gasteiger partial charge in [0.1, 0.15) is 5.82 Å². The first-order valence-corrected chi connectivity index (χ1v) is 4.01. The molecule has 0 aliphatic heterocycles. The van der Waals surface area contributed by atoms with Gasteiger partial charge < -0.3 is 3.53 Å². The van der Waals surface area contributed by atoms with Gasteiger partial charge in [-0.25, -0.2) is 4.39 Å². The van der Waals surface area contributed by atoms with Gasteiger partial charge >= 0.3 is 0 Å². The molecular formula is C6H4ClFIN. The molecule has 1 aromatic rings. The number of rotatable bonds is 1. The van der Waals surface area contributed by atoms with E-state index in [9.17, 15) is 4.39 Å². The quantitative estimate of drug-likeness (QED) is 0.611. The van der Waals surface area contributed by atoms with Crippen LogP contribution in [0.1, 0.15) is 0 Å². The summed E-state index contributed by atoms with van der Waals surface area (Å²) < 4.78 is 15.3. The smallest absolute Gasteiger partial charge is 0.141 e. The fourth-order valence-corrected chi connectivity index (χ4v) is 1.07. The summed E-state index contributed by atoms with van der Waals surface area (Å²) in [5.41, 5.74) is 0.798. The van der Waals surface area contributed by atoms with Gasteiger partial charge in [0, 0.05) is 5.69 Å². The lowest BCUT2D eigenvalue weighted by Crippen LogP contribution is -1.80. The van der Waals surface area contributed by atoms with E-state index < -0.39 is 5.82 Å². The van der Waals surface area contributed by atoms with Crippen molar-refractivity contribution in [3.05, 3.63) is 29.0 Å². The van der Waals surface area contributed by atoms with Crippen molar-refractivity contribution in [2.75, 3.05) is 3.53 Å². The Morgan fingerprint density at radius 1 is 1.50 bits per heavy atom. The van der Waals surface area contributed by atoms with E-state index in [2.05, 4.69) is 3.53 Å². The van der Waals surface area contributed by atoms with Crippen LogP contribution in [0.5, 0.6) is 0 Å². The highest BCUT2D eigenvalue weighted by molar-refractivity contribution is 14.1. The molecule has 0 amide bonds. The minimum absolute atomic E-state index is 0.140. The second-order valence-corrected chi connectivity index (χ2v) is 2.67. The Balaban J connectivity index is 3.04. The Morgan fingerprint density at radius 3 is 2.70 bits per heavy atom. The minimum Gasteiger partial charge on any atom is -0.328 e. The summed E-state index contributed by atoms with van der Waals surface area (Å²) in [6, 6.07) is 4.47. The van der Waals surface area contributed by atoms with Crippen LogP contribution in [0.2, 0.25) is 5.02 Å². The first-order valence-electron chi connectivity index (χ1n) is 2.55. The van der Waals surface area contributed by atoms with Crippen LogP contribution in [0.3, 0.4) is 0 Å². The Morgan fingerprint density at radius 2 is 2.20 bits per heavy atom. The van der Waals surface area contributed by atoms with Gasteiger partial charge in [0.05, 0.1) is 27.9 Å². The molecule has 10 heavy (non-hydrogen) atoms. The van der Waals surface area contributed by atoms with Gasteiger partial charge in [-0.1, -0.05) is 11.6 Å². The van der Waals surface area contributed by atoms with Crippen LogP contribution >= 0.6 is 34.5 Å². The molecular weight excluding hydrogens is 267 g/mol. The monoisotopic (exact) mass is 271 g/mol. The van der Waals surface area contributed by atoms with Crippen LogP contribution in [0.25, 0.3) is 0 Å². The van der Waals surface area contributed by atoms with Crippen LogP contribution in [0.4, 0.5) is 10.1 Å². The standard InChI is InChI=1S/C6H4ClFIN/c7-5-3-4(10-9)1-2-6(5)8/h1-3,10H. The van der Waals surface area contributed by atoms with E-state index in [0.29, 0.717) is 0 Å². The second kappa shape index (κ2) is 3.39. The zero-order valence-electron chi connectivity index (χ0n) is 4.87. The van der Waals surface area contributed by atoms with E-state index in [1.54, 1.807) is 6.07 Å². The zero-order chi connectivity index (χ0) is 7.56. The van der Waals surface area contributed by atoms with E-state index >= 15 is 0 Å². The molecule has 0 aromatic heterocycles. The Bertz CT molecular complexity index is 241. The van der Waals surface area contributed by atoms with Crippen molar-refractivity contribution in [3.8, 4) is 0 Å². The zero-order valence-corrected chi connectivity index (χ0v) is 7.78. The van der Waals surface area contributed by atoms with E-state index in [0.717, 1.165) is 5.69 Å². The van der Waals surface area contributed by atoms with Crippen LogP contribution in [0, 0.1) is 5.82 Å². The van der Waals surface area contributed by atoms with Gasteiger partial charge in [-0.15, -0.1) is 0 Å². The van der Waals surface area contributed by atoms with Gasteiger partial charge in [-0.3, -0.25) is 0 Å². The molecule has 0 bridgehead atoms. The van der Waals surface area contributed by atoms with Crippen LogP contribution in [-0.2, 0) is 0 Å². The van der Waals surface area contributed by atoms with Crippen molar-refractivity contribution in [1.82, 2.24) is 0 Å². The van der Waals surface area contributed by atoms with Gasteiger partial charge in [0.25, 0.3) is 0 Å². The molecule has 0 aliphatic carbocycles. The highest BCUT2D eigenvalue weighted by Gasteiger charge is 1.97. The average molecular weight is 271 g/mol. The average Bonchev–Trinajstić information content (AvgIpc) is 1.95. The van der Waals surface area contributed by atoms with Crippen molar-refractivity contribution in [3.63, 3.8) is 0 Å². The van der Waals surface area contributed by atoms with Gasteiger partial charge in [-0.05, 0) is 18.2 Å². The van der Waals surface area contributed by atoms with Gasteiger partial charge in [0.15, 0.2) is 0 Å². The second-order valence-electron chi connectivity index (χ2n) is 1.72. The number of nitrogens with one attached hydrogen (secondary N) is 1. The maximum absolute atomic E-state index is 12.5. The highest BCUT2D eigenvalue weighted by atomic mass is 127. The predicted octanol–water partition coefficient (Wildman–Crippen LogP) is 3.24. The molecule has 1 N–H and O–H groups in total. The molecule has 1 nitrogen and oxygen atoms in total. The summed E-state index contributed by atoms with van der Waals surface area (Å²) in [6.07, 6.45) is 0. The Kier molecular flexibility index (Phi) is 2.73. The molecule has 0 saturated heterocycles. The van der Waals surface area contributed by atoms with Gasteiger partial charge in [0.2, 0.25) is 0 Å². The lowest BCUT2D eigenvalue weighted by Gasteiger charge is -1.97. The van der Waals surface area contributed by atoms with E-state index in [1.165, 1.54) is 12.1 Å². The van der Waals surface area contributed by atoms with E-state index in [4.69, 9.17) is 11.6 Å². The Hall–Kier alpha value is -0.0300. The molecule has 0 unspecified atom stereocenters. The molecule has 4 heteroatoms. The molecule has 0 spiro atoms. The molecule has 0 aliphatic rings. The van der Waals surface area contributed by atoms with Crippen molar-refractivity contribution in [1.29, 1.82) is 0 Å². The van der Waals surface area contributed by atoms with Crippen LogP contribution < -0.4 is 3.53 Å². The summed E-state index contributed by atoms with van der Waals surface area (Å²) in [7, 11) is 0. The van der Waals surface area contributed by atoms with Crippen molar-refractivity contribution < 1.29 is 4.39 Å². The third-order valence-corrected chi connectivity index (χ3v) is 1.94. The summed E-state index contributed by atoms with van der Waals surface area (Å²) in [6.45, 7) is 0. The van der Waals surface area contributed by atoms with E-state index in [1.807, 2.05) is 22.9 Å². The summed E-state index contributed by atoms with van der Waals surface area (Å²) in [4.78, 5) is 0. The summed E-state index contributed by atoms with van der Waals surface area (Å²) >= 11 is 7.42. The maximum atomic E-state index is 12.5. The van der Waals surface area contributed by atoms with Crippen molar-refractivity contribution >= 4 is 40.2 Å². The lowest BCUT2D eigenvalue weighted by molar-refractivity contribution is 0.628. The summed E-state index contributed by atoms with van der Waals surface area (Å²) in [5, 5.41) is 0.140. The van der Waals surface area contributed by atoms with Crippen LogP contribution in [-0.4, -0.2) is 0 Å². The Labute approximate surface area is 77.1 Å². The lowest BCUT2D eigenvalue weighted by atomic mass is 10.3. The molecule has 1 aromatic carbocycles. The molecule has 0 saturated carbocycles. The topological polar surface area (TPSA) is 12.0 Å². The first-order chi connectivity index (χ1) is 4.74. The number of benzene rings is 1. The highest BCUT2D eigenvalue weighted by Crippen LogP contribution is 2.19. The molecule has 0 heterocycles.